The molecule has 0 unspecified atom stereocenters. The Hall–Kier alpha value is -1.69. The molecule has 0 amide bonds. The Labute approximate surface area is 115 Å². The van der Waals surface area contributed by atoms with Crippen molar-refractivity contribution < 1.29 is 23.0 Å². The van der Waals surface area contributed by atoms with E-state index >= 15 is 0 Å². The molecule has 0 saturated carbocycles. The number of carbonyl (C=O) groups excluding carboxylic acids is 1. The molecule has 20 heavy (non-hydrogen) atoms. The molecule has 2 heterocycles. The molecule has 1 aromatic carbocycles. The first-order valence-corrected chi connectivity index (χ1v) is 6.50. The summed E-state index contributed by atoms with van der Waals surface area (Å²) in [6, 6.07) is 2.46. The Morgan fingerprint density at radius 1 is 1.40 bits per heavy atom. The lowest BCUT2D eigenvalue weighted by atomic mass is 10.0. The summed E-state index contributed by atoms with van der Waals surface area (Å²) in [5, 5.41) is 0. The second-order valence-corrected chi connectivity index (χ2v) is 5.23. The number of rotatable bonds is 3. The van der Waals surface area contributed by atoms with Crippen molar-refractivity contribution in [3.63, 3.8) is 0 Å². The van der Waals surface area contributed by atoms with Crippen molar-refractivity contribution in [1.29, 1.82) is 0 Å². The van der Waals surface area contributed by atoms with E-state index in [1.54, 1.807) is 0 Å². The first kappa shape index (κ1) is 13.3. The molecule has 2 aliphatic heterocycles. The van der Waals surface area contributed by atoms with Crippen LogP contribution < -0.4 is 4.74 Å². The van der Waals surface area contributed by atoms with Crippen molar-refractivity contribution in [2.45, 2.75) is 6.54 Å². The van der Waals surface area contributed by atoms with Gasteiger partial charge in [0.15, 0.2) is 11.6 Å². The molecule has 2 saturated heterocycles. The molecule has 3 rings (SSSR count). The lowest BCUT2D eigenvalue weighted by molar-refractivity contribution is -0.141. The molecule has 0 spiro atoms. The standard InChI is InChI=1S/C14H15F2NO3/c1-19-12-3-2-11(15)13(16)10(12)6-17-4-8-7-20-14(18)9(8)5-17/h2-3,8-9H,4-7H2,1H3/t8-,9-/m1/s1. The van der Waals surface area contributed by atoms with Crippen molar-refractivity contribution in [2.75, 3.05) is 26.8 Å². The minimum absolute atomic E-state index is 0.141. The van der Waals surface area contributed by atoms with Crippen LogP contribution in [-0.2, 0) is 16.1 Å². The van der Waals surface area contributed by atoms with Gasteiger partial charge in [-0.2, -0.15) is 0 Å². The second kappa shape index (κ2) is 5.01. The van der Waals surface area contributed by atoms with Crippen LogP contribution in [0.1, 0.15) is 5.56 Å². The Balaban J connectivity index is 1.79. The quantitative estimate of drug-likeness (QED) is 0.790. The number of carbonyl (C=O) groups is 1. The average molecular weight is 283 g/mol. The van der Waals surface area contributed by atoms with Crippen molar-refractivity contribution in [3.8, 4) is 5.75 Å². The first-order valence-electron chi connectivity index (χ1n) is 6.50. The van der Waals surface area contributed by atoms with Gasteiger partial charge >= 0.3 is 5.97 Å². The van der Waals surface area contributed by atoms with Crippen molar-refractivity contribution in [3.05, 3.63) is 29.3 Å². The van der Waals surface area contributed by atoms with Crippen LogP contribution in [0.25, 0.3) is 0 Å². The number of fused-ring (bicyclic) bond motifs is 1. The smallest absolute Gasteiger partial charge is 0.310 e. The van der Waals surface area contributed by atoms with Crippen LogP contribution in [0.4, 0.5) is 8.78 Å². The van der Waals surface area contributed by atoms with E-state index in [9.17, 15) is 13.6 Å². The van der Waals surface area contributed by atoms with Gasteiger partial charge in [0.2, 0.25) is 0 Å². The lowest BCUT2D eigenvalue weighted by Crippen LogP contribution is -2.24. The number of benzene rings is 1. The number of halogens is 2. The largest absolute Gasteiger partial charge is 0.496 e. The highest BCUT2D eigenvalue weighted by Crippen LogP contribution is 2.33. The summed E-state index contributed by atoms with van der Waals surface area (Å²) in [6.07, 6.45) is 0. The fourth-order valence-electron chi connectivity index (χ4n) is 2.96. The Morgan fingerprint density at radius 3 is 2.90 bits per heavy atom. The summed E-state index contributed by atoms with van der Waals surface area (Å²) >= 11 is 0. The number of hydrogen-bond acceptors (Lipinski definition) is 4. The van der Waals surface area contributed by atoms with E-state index in [2.05, 4.69) is 0 Å². The molecule has 0 aliphatic carbocycles. The number of esters is 1. The molecule has 0 bridgehead atoms. The van der Waals surface area contributed by atoms with Crippen LogP contribution in [-0.4, -0.2) is 37.7 Å². The Kier molecular flexibility index (Phi) is 3.33. The van der Waals surface area contributed by atoms with Gasteiger partial charge in [0.1, 0.15) is 5.75 Å². The van der Waals surface area contributed by atoms with Gasteiger partial charge < -0.3 is 9.47 Å². The number of ether oxygens (including phenoxy) is 2. The number of likely N-dealkylation sites (tertiary alicyclic amines) is 1. The van der Waals surface area contributed by atoms with Crippen LogP contribution in [0.15, 0.2) is 12.1 Å². The number of methoxy groups -OCH3 is 1. The van der Waals surface area contributed by atoms with Crippen molar-refractivity contribution >= 4 is 5.97 Å². The average Bonchev–Trinajstić information content (AvgIpc) is 2.98. The van der Waals surface area contributed by atoms with E-state index in [0.717, 1.165) is 6.07 Å². The summed E-state index contributed by atoms with van der Waals surface area (Å²) in [7, 11) is 1.42. The van der Waals surface area contributed by atoms with E-state index in [1.165, 1.54) is 13.2 Å². The van der Waals surface area contributed by atoms with Gasteiger partial charge in [0.05, 0.1) is 19.6 Å². The van der Waals surface area contributed by atoms with E-state index in [-0.39, 0.29) is 29.9 Å². The number of cyclic esters (lactones) is 1. The highest BCUT2D eigenvalue weighted by molar-refractivity contribution is 5.75. The molecule has 0 radical (unpaired) electrons. The maximum Gasteiger partial charge on any atom is 0.310 e. The van der Waals surface area contributed by atoms with E-state index in [0.29, 0.717) is 25.4 Å². The third kappa shape index (κ3) is 2.14. The minimum Gasteiger partial charge on any atom is -0.496 e. The third-order valence-corrected chi connectivity index (χ3v) is 4.01. The Morgan fingerprint density at radius 2 is 2.20 bits per heavy atom. The summed E-state index contributed by atoms with van der Waals surface area (Å²) in [6.45, 7) is 1.81. The predicted octanol–water partition coefficient (Wildman–Crippen LogP) is 1.58. The van der Waals surface area contributed by atoms with E-state index in [1.807, 2.05) is 4.90 Å². The monoisotopic (exact) mass is 283 g/mol. The summed E-state index contributed by atoms with van der Waals surface area (Å²) < 4.78 is 37.3. The molecule has 0 aromatic heterocycles. The van der Waals surface area contributed by atoms with Gasteiger partial charge in [-0.3, -0.25) is 9.69 Å². The molecule has 2 atom stereocenters. The van der Waals surface area contributed by atoms with Gasteiger partial charge in [0, 0.05) is 31.1 Å². The maximum atomic E-state index is 13.9. The fourth-order valence-corrected chi connectivity index (χ4v) is 2.96. The topological polar surface area (TPSA) is 38.8 Å². The maximum absolute atomic E-state index is 13.9. The zero-order valence-electron chi connectivity index (χ0n) is 11.1. The molecule has 6 heteroatoms. The molecule has 4 nitrogen and oxygen atoms in total. The molecular formula is C14H15F2NO3. The lowest BCUT2D eigenvalue weighted by Gasteiger charge is -2.19. The molecule has 108 valence electrons. The molecular weight excluding hydrogens is 268 g/mol. The molecule has 2 aliphatic rings. The SMILES string of the molecule is COc1ccc(F)c(F)c1CN1C[C@@H]2COC(=O)[C@@H]2C1. The molecule has 0 N–H and O–H groups in total. The highest BCUT2D eigenvalue weighted by atomic mass is 19.2. The van der Waals surface area contributed by atoms with Gasteiger partial charge in [-0.15, -0.1) is 0 Å². The second-order valence-electron chi connectivity index (χ2n) is 5.23. The van der Waals surface area contributed by atoms with E-state index in [4.69, 9.17) is 9.47 Å². The van der Waals surface area contributed by atoms with Gasteiger partial charge in [-0.25, -0.2) is 8.78 Å². The minimum atomic E-state index is -0.889. The Bertz CT molecular complexity index is 549. The molecule has 2 fully saturated rings. The first-order chi connectivity index (χ1) is 9.60. The van der Waals surface area contributed by atoms with Crippen LogP contribution in [0.5, 0.6) is 5.75 Å². The predicted molar refractivity (Wildman–Crippen MR) is 66.1 cm³/mol. The fraction of sp³-hybridized carbons (Fsp3) is 0.500. The van der Waals surface area contributed by atoms with Crippen LogP contribution in [0.2, 0.25) is 0 Å². The van der Waals surface area contributed by atoms with Gasteiger partial charge in [-0.05, 0) is 12.1 Å². The molecule has 1 aromatic rings. The third-order valence-electron chi connectivity index (χ3n) is 4.01. The number of nitrogens with zero attached hydrogens (tertiary/aromatic N) is 1. The zero-order chi connectivity index (χ0) is 14.3. The van der Waals surface area contributed by atoms with Crippen LogP contribution >= 0.6 is 0 Å². The van der Waals surface area contributed by atoms with Gasteiger partial charge in [-0.1, -0.05) is 0 Å². The summed E-state index contributed by atoms with van der Waals surface area (Å²) in [5.74, 6) is -1.63. The summed E-state index contributed by atoms with van der Waals surface area (Å²) in [5.41, 5.74) is 0.195. The highest BCUT2D eigenvalue weighted by Gasteiger charge is 2.44. The van der Waals surface area contributed by atoms with Crippen LogP contribution in [0.3, 0.4) is 0 Å². The van der Waals surface area contributed by atoms with Crippen molar-refractivity contribution in [1.82, 2.24) is 4.90 Å². The zero-order valence-corrected chi connectivity index (χ0v) is 11.1. The van der Waals surface area contributed by atoms with E-state index < -0.39 is 11.6 Å². The number of hydrogen-bond donors (Lipinski definition) is 0. The van der Waals surface area contributed by atoms with Crippen LogP contribution in [0, 0.1) is 23.5 Å². The van der Waals surface area contributed by atoms with Gasteiger partial charge in [0.25, 0.3) is 0 Å². The normalized spacial score (nSPS) is 25.6. The van der Waals surface area contributed by atoms with Crippen molar-refractivity contribution in [2.24, 2.45) is 11.8 Å². The summed E-state index contributed by atoms with van der Waals surface area (Å²) in [4.78, 5) is 13.4.